The van der Waals surface area contributed by atoms with Gasteiger partial charge in [-0.2, -0.15) is 0 Å². The van der Waals surface area contributed by atoms with Crippen LogP contribution in [0.3, 0.4) is 0 Å². The SMILES string of the molecule is CCOC(=O)C1C(c2ccc(Cl)cc2)N(Cc2ccccc2)C(c2ccc(Cl)cc2)C(C(=O)c2ccc(Cl)cc2)S1(=O)=O. The minimum Gasteiger partial charge on any atom is -0.465 e. The molecule has 1 fully saturated rings. The number of nitrogens with zero attached hydrogens (tertiary/aromatic N) is 1. The lowest BCUT2D eigenvalue weighted by Crippen LogP contribution is -2.60. The first kappa shape index (κ1) is 31.2. The number of sulfone groups is 1. The molecular formula is C33H28Cl3NO5S. The molecule has 0 aromatic heterocycles. The van der Waals surface area contributed by atoms with Crippen LogP contribution in [0.15, 0.2) is 103 Å². The lowest BCUT2D eigenvalue weighted by atomic mass is 9.90. The minimum absolute atomic E-state index is 0.0344. The summed E-state index contributed by atoms with van der Waals surface area (Å²) in [5, 5.41) is -2.06. The molecule has 6 nitrogen and oxygen atoms in total. The number of hydrogen-bond acceptors (Lipinski definition) is 6. The zero-order chi connectivity index (χ0) is 30.7. The van der Waals surface area contributed by atoms with Gasteiger partial charge in [0, 0.05) is 27.2 Å². The van der Waals surface area contributed by atoms with E-state index in [2.05, 4.69) is 0 Å². The van der Waals surface area contributed by atoms with Crippen LogP contribution in [0.2, 0.25) is 15.1 Å². The molecule has 0 bridgehead atoms. The third kappa shape index (κ3) is 6.52. The summed E-state index contributed by atoms with van der Waals surface area (Å²) in [6, 6.07) is 26.9. The number of ketones is 1. The lowest BCUT2D eigenvalue weighted by molar-refractivity contribution is -0.144. The van der Waals surface area contributed by atoms with Gasteiger partial charge >= 0.3 is 5.97 Å². The Kier molecular flexibility index (Phi) is 9.59. The molecule has 0 radical (unpaired) electrons. The van der Waals surface area contributed by atoms with Crippen molar-refractivity contribution in [3.05, 3.63) is 140 Å². The van der Waals surface area contributed by atoms with E-state index in [1.165, 1.54) is 24.3 Å². The van der Waals surface area contributed by atoms with Gasteiger partial charge in [-0.3, -0.25) is 14.5 Å². The minimum atomic E-state index is -4.55. The molecule has 1 aliphatic heterocycles. The number of esters is 1. The van der Waals surface area contributed by atoms with Gasteiger partial charge in [-0.05, 0) is 72.1 Å². The summed E-state index contributed by atoms with van der Waals surface area (Å²) in [5.74, 6) is -1.58. The fraction of sp³-hybridized carbons (Fsp3) is 0.212. The number of hydrogen-bond donors (Lipinski definition) is 0. The van der Waals surface area contributed by atoms with Crippen LogP contribution < -0.4 is 0 Å². The number of carbonyl (C=O) groups excluding carboxylic acids is 2. The predicted molar refractivity (Wildman–Crippen MR) is 169 cm³/mol. The summed E-state index contributed by atoms with van der Waals surface area (Å²) < 4.78 is 34.9. The van der Waals surface area contributed by atoms with Gasteiger partial charge in [0.1, 0.15) is 5.25 Å². The highest BCUT2D eigenvalue weighted by Crippen LogP contribution is 2.48. The van der Waals surface area contributed by atoms with E-state index in [9.17, 15) is 18.0 Å². The molecule has 4 aromatic rings. The first-order chi connectivity index (χ1) is 20.6. The fourth-order valence-electron chi connectivity index (χ4n) is 5.64. The molecule has 1 saturated heterocycles. The maximum atomic E-state index is 14.8. The standard InChI is InChI=1S/C33H28Cl3NO5S/c1-2-42-33(39)32-29(23-10-16-26(35)17-11-23)37(20-21-6-4-3-5-7-21)28(22-8-14-25(34)15-9-22)31(43(32,40)41)30(38)24-12-18-27(36)19-13-24/h3-19,28-29,31-32H,2,20H2,1H3. The van der Waals surface area contributed by atoms with E-state index >= 15 is 0 Å². The van der Waals surface area contributed by atoms with Crippen molar-refractivity contribution >= 4 is 56.4 Å². The molecule has 1 heterocycles. The highest BCUT2D eigenvalue weighted by atomic mass is 35.5. The van der Waals surface area contributed by atoms with Crippen LogP contribution in [0.1, 0.15) is 46.1 Å². The topological polar surface area (TPSA) is 80.8 Å². The second kappa shape index (κ2) is 13.2. The summed E-state index contributed by atoms with van der Waals surface area (Å²) in [7, 11) is -4.55. The number of halogens is 3. The van der Waals surface area contributed by atoms with Crippen molar-refractivity contribution in [1.82, 2.24) is 4.90 Å². The van der Waals surface area contributed by atoms with Gasteiger partial charge in [0.15, 0.2) is 20.9 Å². The van der Waals surface area contributed by atoms with Crippen molar-refractivity contribution < 1.29 is 22.7 Å². The number of benzene rings is 4. The Hall–Kier alpha value is -3.20. The molecule has 10 heteroatoms. The maximum absolute atomic E-state index is 14.8. The molecule has 1 aliphatic rings. The summed E-state index contributed by atoms with van der Waals surface area (Å²) >= 11 is 18.5. The molecule has 43 heavy (non-hydrogen) atoms. The van der Waals surface area contributed by atoms with Gasteiger partial charge in [-0.25, -0.2) is 8.42 Å². The Morgan fingerprint density at radius 2 is 1.16 bits per heavy atom. The van der Waals surface area contributed by atoms with Crippen molar-refractivity contribution in [2.45, 2.75) is 36.1 Å². The van der Waals surface area contributed by atoms with Crippen molar-refractivity contribution in [2.75, 3.05) is 6.61 Å². The lowest BCUT2D eigenvalue weighted by Gasteiger charge is -2.48. The largest absolute Gasteiger partial charge is 0.465 e. The van der Waals surface area contributed by atoms with E-state index in [1.54, 1.807) is 55.5 Å². The molecule has 0 saturated carbocycles. The van der Waals surface area contributed by atoms with Crippen molar-refractivity contribution in [1.29, 1.82) is 0 Å². The summed E-state index contributed by atoms with van der Waals surface area (Å²) in [6.07, 6.45) is 0. The Labute approximate surface area is 266 Å². The van der Waals surface area contributed by atoms with Crippen LogP contribution in [0.5, 0.6) is 0 Å². The summed E-state index contributed by atoms with van der Waals surface area (Å²) in [6.45, 7) is 1.80. The smallest absolute Gasteiger partial charge is 0.326 e. The number of ether oxygens (including phenoxy) is 1. The van der Waals surface area contributed by atoms with Crippen molar-refractivity contribution in [2.24, 2.45) is 0 Å². The Balaban J connectivity index is 1.81. The van der Waals surface area contributed by atoms with Gasteiger partial charge in [-0.1, -0.05) is 89.4 Å². The summed E-state index contributed by atoms with van der Waals surface area (Å²) in [4.78, 5) is 29.9. The quantitative estimate of drug-likeness (QED) is 0.144. The van der Waals surface area contributed by atoms with E-state index in [0.717, 1.165) is 5.56 Å². The number of Topliss-reactive ketones (excluding diaryl/α,β-unsaturated/α-hetero) is 1. The molecule has 4 aromatic carbocycles. The molecule has 4 unspecified atom stereocenters. The second-order valence-electron chi connectivity index (χ2n) is 10.2. The fourth-order valence-corrected chi connectivity index (χ4v) is 8.45. The third-order valence-corrected chi connectivity index (χ3v) is 10.6. The van der Waals surface area contributed by atoms with E-state index in [-0.39, 0.29) is 18.7 Å². The van der Waals surface area contributed by atoms with E-state index < -0.39 is 44.2 Å². The number of rotatable bonds is 8. The van der Waals surface area contributed by atoms with Crippen molar-refractivity contribution in [3.63, 3.8) is 0 Å². The van der Waals surface area contributed by atoms with Gasteiger partial charge in [0.05, 0.1) is 18.7 Å². The van der Waals surface area contributed by atoms with Crippen LogP contribution in [0.25, 0.3) is 0 Å². The zero-order valence-corrected chi connectivity index (χ0v) is 26.2. The first-order valence-corrected chi connectivity index (χ1v) is 16.4. The second-order valence-corrected chi connectivity index (χ2v) is 13.7. The third-order valence-electron chi connectivity index (χ3n) is 7.53. The Morgan fingerprint density at radius 3 is 1.65 bits per heavy atom. The van der Waals surface area contributed by atoms with Crippen LogP contribution in [-0.2, 0) is 25.9 Å². The van der Waals surface area contributed by atoms with Crippen LogP contribution in [-0.4, -0.2) is 42.2 Å². The van der Waals surface area contributed by atoms with Crippen LogP contribution in [0.4, 0.5) is 0 Å². The van der Waals surface area contributed by atoms with Crippen molar-refractivity contribution in [3.8, 4) is 0 Å². The van der Waals surface area contributed by atoms with Crippen LogP contribution >= 0.6 is 34.8 Å². The van der Waals surface area contributed by atoms with Gasteiger partial charge in [0.25, 0.3) is 0 Å². The number of carbonyl (C=O) groups is 2. The van der Waals surface area contributed by atoms with Crippen LogP contribution in [0, 0.1) is 0 Å². The first-order valence-electron chi connectivity index (χ1n) is 13.6. The zero-order valence-electron chi connectivity index (χ0n) is 23.1. The summed E-state index contributed by atoms with van der Waals surface area (Å²) in [5.41, 5.74) is 2.11. The molecule has 4 atom stereocenters. The molecule has 5 rings (SSSR count). The van der Waals surface area contributed by atoms with E-state index in [1.807, 2.05) is 35.2 Å². The van der Waals surface area contributed by atoms with E-state index in [0.29, 0.717) is 26.2 Å². The van der Waals surface area contributed by atoms with Gasteiger partial charge in [0.2, 0.25) is 0 Å². The normalized spacial score (nSPS) is 21.7. The molecule has 0 N–H and O–H groups in total. The maximum Gasteiger partial charge on any atom is 0.326 e. The predicted octanol–water partition coefficient (Wildman–Crippen LogP) is 7.54. The van der Waals surface area contributed by atoms with E-state index in [4.69, 9.17) is 39.5 Å². The average Bonchev–Trinajstić information content (AvgIpc) is 2.99. The highest BCUT2D eigenvalue weighted by Gasteiger charge is 2.59. The molecular weight excluding hydrogens is 629 g/mol. The van der Waals surface area contributed by atoms with Gasteiger partial charge in [-0.15, -0.1) is 0 Å². The molecule has 0 amide bonds. The molecule has 0 aliphatic carbocycles. The highest BCUT2D eigenvalue weighted by molar-refractivity contribution is 7.94. The monoisotopic (exact) mass is 655 g/mol. The van der Waals surface area contributed by atoms with Gasteiger partial charge < -0.3 is 4.74 Å². The average molecular weight is 657 g/mol. The Morgan fingerprint density at radius 1 is 0.698 bits per heavy atom. The Bertz CT molecular complexity index is 1700. The molecule has 0 spiro atoms. The molecule has 222 valence electrons.